The highest BCUT2D eigenvalue weighted by molar-refractivity contribution is 6.29. The summed E-state index contributed by atoms with van der Waals surface area (Å²) in [5.74, 6) is 0.0321. The fourth-order valence-electron chi connectivity index (χ4n) is 4.73. The van der Waals surface area contributed by atoms with Crippen molar-refractivity contribution in [1.82, 2.24) is 35.3 Å². The number of nitrogens with one attached hydrogen (secondary N) is 2. The molecule has 3 aromatic rings. The molecule has 0 saturated carbocycles. The predicted molar refractivity (Wildman–Crippen MR) is 131 cm³/mol. The number of halogens is 1. The normalized spacial score (nSPS) is 19.4. The number of anilines is 1. The minimum absolute atomic E-state index is 0.0514. The first-order chi connectivity index (χ1) is 16.5. The molecule has 178 valence electrons. The minimum atomic E-state index is -0.198. The van der Waals surface area contributed by atoms with Gasteiger partial charge in [-0.1, -0.05) is 11.6 Å². The molecule has 0 aliphatic carbocycles. The van der Waals surface area contributed by atoms with Crippen molar-refractivity contribution in [3.63, 3.8) is 0 Å². The maximum Gasteiger partial charge on any atom is 0.255 e. The molecule has 10 heteroatoms. The van der Waals surface area contributed by atoms with Crippen molar-refractivity contribution < 1.29 is 4.79 Å². The van der Waals surface area contributed by atoms with Crippen LogP contribution in [0.5, 0.6) is 0 Å². The van der Waals surface area contributed by atoms with Gasteiger partial charge >= 0.3 is 0 Å². The highest BCUT2D eigenvalue weighted by Crippen LogP contribution is 2.25. The summed E-state index contributed by atoms with van der Waals surface area (Å²) in [6, 6.07) is 6.10. The van der Waals surface area contributed by atoms with E-state index >= 15 is 0 Å². The van der Waals surface area contributed by atoms with E-state index in [9.17, 15) is 4.79 Å². The number of rotatable bonds is 6. The first-order valence-corrected chi connectivity index (χ1v) is 12.1. The van der Waals surface area contributed by atoms with E-state index in [1.807, 2.05) is 35.3 Å². The average Bonchev–Trinajstić information content (AvgIpc) is 3.50. The van der Waals surface area contributed by atoms with E-state index in [4.69, 9.17) is 17.3 Å². The van der Waals surface area contributed by atoms with Crippen molar-refractivity contribution in [2.75, 3.05) is 31.9 Å². The maximum atomic E-state index is 13.1. The van der Waals surface area contributed by atoms with E-state index in [1.165, 1.54) is 0 Å². The molecule has 1 amide bonds. The van der Waals surface area contributed by atoms with Crippen molar-refractivity contribution in [2.45, 2.75) is 37.9 Å². The summed E-state index contributed by atoms with van der Waals surface area (Å²) in [6.45, 7) is 4.44. The third-order valence-electron chi connectivity index (χ3n) is 6.59. The molecular weight excluding hydrogens is 452 g/mol. The van der Waals surface area contributed by atoms with Crippen molar-refractivity contribution in [3.05, 3.63) is 59.3 Å². The van der Waals surface area contributed by atoms with Crippen LogP contribution in [0.25, 0.3) is 11.1 Å². The average molecular weight is 481 g/mol. The zero-order chi connectivity index (χ0) is 23.5. The summed E-state index contributed by atoms with van der Waals surface area (Å²) in [5.41, 5.74) is 9.35. The molecule has 0 unspecified atom stereocenters. The first-order valence-electron chi connectivity index (χ1n) is 11.7. The van der Waals surface area contributed by atoms with Crippen LogP contribution < -0.4 is 16.4 Å². The van der Waals surface area contributed by atoms with Crippen molar-refractivity contribution in [3.8, 4) is 11.1 Å². The van der Waals surface area contributed by atoms with E-state index in [1.54, 1.807) is 12.4 Å². The molecule has 0 aromatic carbocycles. The Morgan fingerprint density at radius 1 is 1.18 bits per heavy atom. The number of hydrogen-bond donors (Lipinski definition) is 3. The van der Waals surface area contributed by atoms with E-state index < -0.39 is 0 Å². The number of nitrogen functional groups attached to an aromatic ring is 1. The Morgan fingerprint density at radius 2 is 2.03 bits per heavy atom. The molecule has 0 spiro atoms. The minimum Gasteiger partial charge on any atom is -0.383 e. The lowest BCUT2D eigenvalue weighted by atomic mass is 10.1. The molecule has 9 nitrogen and oxygen atoms in total. The summed E-state index contributed by atoms with van der Waals surface area (Å²) < 4.78 is 2.02. The first kappa shape index (κ1) is 22.8. The van der Waals surface area contributed by atoms with Gasteiger partial charge in [0.1, 0.15) is 11.0 Å². The van der Waals surface area contributed by atoms with Gasteiger partial charge in [0.15, 0.2) is 0 Å². The van der Waals surface area contributed by atoms with Crippen LogP contribution in [0.4, 0.5) is 5.82 Å². The molecule has 2 fully saturated rings. The van der Waals surface area contributed by atoms with E-state index in [0.29, 0.717) is 16.8 Å². The van der Waals surface area contributed by atoms with Gasteiger partial charge in [-0.3, -0.25) is 14.4 Å². The molecule has 5 heterocycles. The number of amides is 1. The number of carbonyl (C=O) groups is 1. The Balaban J connectivity index is 1.23. The zero-order valence-corrected chi connectivity index (χ0v) is 19.7. The molecule has 0 radical (unpaired) electrons. The second-order valence-electron chi connectivity index (χ2n) is 9.03. The number of likely N-dealkylation sites (tertiary alicyclic amines) is 1. The summed E-state index contributed by atoms with van der Waals surface area (Å²) in [4.78, 5) is 23.7. The number of pyridine rings is 2. The number of hydrogen-bond acceptors (Lipinski definition) is 7. The van der Waals surface area contributed by atoms with Gasteiger partial charge < -0.3 is 16.4 Å². The van der Waals surface area contributed by atoms with Crippen LogP contribution in [-0.4, -0.2) is 62.8 Å². The van der Waals surface area contributed by atoms with Gasteiger partial charge in [-0.15, -0.1) is 0 Å². The second kappa shape index (κ2) is 10.1. The van der Waals surface area contributed by atoms with Crippen LogP contribution >= 0.6 is 11.6 Å². The number of piperidine rings is 1. The summed E-state index contributed by atoms with van der Waals surface area (Å²) in [7, 11) is 0. The smallest absolute Gasteiger partial charge is 0.255 e. The van der Waals surface area contributed by atoms with Crippen LogP contribution in [0.2, 0.25) is 5.15 Å². The predicted octanol–water partition coefficient (Wildman–Crippen LogP) is 2.50. The zero-order valence-electron chi connectivity index (χ0n) is 19.0. The molecule has 2 aliphatic rings. The van der Waals surface area contributed by atoms with Gasteiger partial charge in [0, 0.05) is 55.4 Å². The van der Waals surface area contributed by atoms with Gasteiger partial charge in [-0.2, -0.15) is 5.10 Å². The van der Waals surface area contributed by atoms with Crippen molar-refractivity contribution >= 4 is 23.3 Å². The summed E-state index contributed by atoms with van der Waals surface area (Å²) in [5, 5.41) is 11.6. The van der Waals surface area contributed by atoms with Crippen LogP contribution in [-0.2, 0) is 6.54 Å². The van der Waals surface area contributed by atoms with Gasteiger partial charge in [0.25, 0.3) is 5.91 Å². The largest absolute Gasteiger partial charge is 0.383 e. The SMILES string of the molecule is Nc1ncc(-c2cnn(C3CCNCC3)c2)cc1C(=O)N[C@@H]1CCN(Cc2ccnc(Cl)c2)C1. The third kappa shape index (κ3) is 5.22. The molecular formula is C24H29ClN8O. The summed E-state index contributed by atoms with van der Waals surface area (Å²) >= 11 is 6.00. The van der Waals surface area contributed by atoms with Gasteiger partial charge in [0.05, 0.1) is 17.8 Å². The number of aromatic nitrogens is 4. The van der Waals surface area contributed by atoms with Crippen LogP contribution in [0.15, 0.2) is 43.0 Å². The molecule has 5 rings (SSSR count). The monoisotopic (exact) mass is 480 g/mol. The number of nitrogens with two attached hydrogens (primary N) is 1. The molecule has 4 N–H and O–H groups in total. The number of nitrogens with zero attached hydrogens (tertiary/aromatic N) is 5. The lowest BCUT2D eigenvalue weighted by Crippen LogP contribution is -2.37. The van der Waals surface area contributed by atoms with E-state index in [-0.39, 0.29) is 17.8 Å². The van der Waals surface area contributed by atoms with Crippen molar-refractivity contribution in [2.24, 2.45) is 0 Å². The van der Waals surface area contributed by atoms with E-state index in [2.05, 4.69) is 30.6 Å². The Kier molecular flexibility index (Phi) is 6.75. The third-order valence-corrected chi connectivity index (χ3v) is 6.79. The maximum absolute atomic E-state index is 13.1. The quantitative estimate of drug-likeness (QED) is 0.464. The Labute approximate surface area is 203 Å². The standard InChI is InChI=1S/C24H29ClN8O/c25-22-9-16(1-7-28-22)13-32-8-4-19(15-32)31-24(34)21-10-17(11-29-23(21)26)18-12-30-33(14-18)20-2-5-27-6-3-20/h1,7,9-12,14,19-20,27H,2-6,8,13,15H2,(H2,26,29)(H,31,34)/t19-/m1/s1. The topological polar surface area (TPSA) is 114 Å². The van der Waals surface area contributed by atoms with E-state index in [0.717, 1.165) is 68.7 Å². The van der Waals surface area contributed by atoms with Crippen LogP contribution in [0.1, 0.15) is 41.2 Å². The lowest BCUT2D eigenvalue weighted by Gasteiger charge is -2.22. The highest BCUT2D eigenvalue weighted by Gasteiger charge is 2.25. The Bertz CT molecular complexity index is 1160. The van der Waals surface area contributed by atoms with Gasteiger partial charge in [-0.05, 0) is 56.1 Å². The lowest BCUT2D eigenvalue weighted by molar-refractivity contribution is 0.0938. The van der Waals surface area contributed by atoms with Gasteiger partial charge in [0.2, 0.25) is 0 Å². The highest BCUT2D eigenvalue weighted by atomic mass is 35.5. The molecule has 1 atom stereocenters. The fourth-order valence-corrected chi connectivity index (χ4v) is 4.93. The molecule has 0 bridgehead atoms. The van der Waals surface area contributed by atoms with Crippen LogP contribution in [0.3, 0.4) is 0 Å². The molecule has 2 saturated heterocycles. The van der Waals surface area contributed by atoms with Crippen molar-refractivity contribution in [1.29, 1.82) is 0 Å². The fraction of sp³-hybridized carbons (Fsp3) is 0.417. The molecule has 34 heavy (non-hydrogen) atoms. The molecule has 3 aromatic heterocycles. The molecule has 2 aliphatic heterocycles. The Morgan fingerprint density at radius 3 is 2.85 bits per heavy atom. The van der Waals surface area contributed by atoms with Crippen LogP contribution in [0, 0.1) is 0 Å². The number of carbonyl (C=O) groups excluding carboxylic acids is 1. The van der Waals surface area contributed by atoms with Gasteiger partial charge in [-0.25, -0.2) is 9.97 Å². The second-order valence-corrected chi connectivity index (χ2v) is 9.42. The Hall–Kier alpha value is -3.01. The summed E-state index contributed by atoms with van der Waals surface area (Å²) in [6.07, 6.45) is 10.3.